The Morgan fingerprint density at radius 2 is 1.54 bits per heavy atom. The topological polar surface area (TPSA) is 63.6 Å². The number of ketones is 2. The highest BCUT2D eigenvalue weighted by Gasteiger charge is 2.05. The van der Waals surface area contributed by atoms with Crippen molar-refractivity contribution in [2.45, 2.75) is 19.8 Å². The molecule has 26 heavy (non-hydrogen) atoms. The van der Waals surface area contributed by atoms with Crippen LogP contribution in [0.3, 0.4) is 0 Å². The first-order valence-corrected chi connectivity index (χ1v) is 8.39. The van der Waals surface area contributed by atoms with Crippen LogP contribution in [0.15, 0.2) is 54.6 Å². The fourth-order valence-electron chi connectivity index (χ4n) is 2.33. The molecule has 0 unspecified atom stereocenters. The van der Waals surface area contributed by atoms with E-state index in [1.165, 1.54) is 30.9 Å². The molecule has 1 N–H and O–H groups in total. The van der Waals surface area contributed by atoms with Gasteiger partial charge in [0.2, 0.25) is 0 Å². The molecule has 4 nitrogen and oxygen atoms in total. The van der Waals surface area contributed by atoms with Gasteiger partial charge in [-0.2, -0.15) is 0 Å². The highest BCUT2D eigenvalue weighted by Crippen LogP contribution is 2.26. The molecule has 0 atom stereocenters. The minimum Gasteiger partial charge on any atom is -0.504 e. The van der Waals surface area contributed by atoms with Crippen molar-refractivity contribution in [3.8, 4) is 11.5 Å². The van der Waals surface area contributed by atoms with Gasteiger partial charge in [-0.3, -0.25) is 9.59 Å². The van der Waals surface area contributed by atoms with Gasteiger partial charge in [0.1, 0.15) is 0 Å². The van der Waals surface area contributed by atoms with Crippen molar-refractivity contribution in [2.75, 3.05) is 7.11 Å². The molecule has 4 heteroatoms. The minimum absolute atomic E-state index is 0.0308. The van der Waals surface area contributed by atoms with Crippen molar-refractivity contribution in [3.63, 3.8) is 0 Å². The lowest BCUT2D eigenvalue weighted by Crippen LogP contribution is -2.01. The van der Waals surface area contributed by atoms with Crippen LogP contribution in [0.2, 0.25) is 0 Å². The number of benzene rings is 2. The van der Waals surface area contributed by atoms with Crippen LogP contribution in [0.25, 0.3) is 12.2 Å². The Hall–Kier alpha value is -3.14. The molecule has 0 fully saturated rings. The minimum atomic E-state index is -0.284. The Kier molecular flexibility index (Phi) is 6.92. The molecule has 0 aliphatic rings. The number of carbonyl (C=O) groups excluding carboxylic acids is 2. The molecule has 0 saturated carbocycles. The number of hydrogen-bond acceptors (Lipinski definition) is 4. The zero-order chi connectivity index (χ0) is 18.9. The first-order valence-electron chi connectivity index (χ1n) is 8.39. The van der Waals surface area contributed by atoms with Gasteiger partial charge in [-0.05, 0) is 47.4 Å². The lowest BCUT2D eigenvalue weighted by molar-refractivity contribution is -0.121. The maximum atomic E-state index is 11.9. The van der Waals surface area contributed by atoms with E-state index < -0.39 is 0 Å². The molecule has 0 heterocycles. The van der Waals surface area contributed by atoms with Gasteiger partial charge >= 0.3 is 0 Å². The van der Waals surface area contributed by atoms with Gasteiger partial charge in [0.05, 0.1) is 13.5 Å². The van der Waals surface area contributed by atoms with E-state index in [0.29, 0.717) is 11.3 Å². The summed E-state index contributed by atoms with van der Waals surface area (Å²) in [6.07, 6.45) is 6.87. The Balaban J connectivity index is 1.91. The van der Waals surface area contributed by atoms with Gasteiger partial charge in [-0.1, -0.05) is 49.4 Å². The molecule has 0 radical (unpaired) electrons. The smallest absolute Gasteiger partial charge is 0.163 e. The molecule has 0 amide bonds. The molecule has 0 aliphatic heterocycles. The van der Waals surface area contributed by atoms with E-state index in [9.17, 15) is 14.7 Å². The molecule has 134 valence electrons. The van der Waals surface area contributed by atoms with Gasteiger partial charge in [-0.15, -0.1) is 0 Å². The summed E-state index contributed by atoms with van der Waals surface area (Å²) in [5, 5.41) is 9.55. The van der Waals surface area contributed by atoms with E-state index in [0.717, 1.165) is 12.0 Å². The second kappa shape index (κ2) is 9.37. The second-order valence-corrected chi connectivity index (χ2v) is 5.80. The number of aryl methyl sites for hydroxylation is 1. The Morgan fingerprint density at radius 1 is 0.962 bits per heavy atom. The summed E-state index contributed by atoms with van der Waals surface area (Å²) < 4.78 is 5.01. The third-order valence-electron chi connectivity index (χ3n) is 3.86. The van der Waals surface area contributed by atoms with Crippen LogP contribution in [-0.4, -0.2) is 23.8 Å². The molecule has 2 aromatic carbocycles. The van der Waals surface area contributed by atoms with Gasteiger partial charge in [-0.25, -0.2) is 0 Å². The van der Waals surface area contributed by atoms with Crippen molar-refractivity contribution in [1.29, 1.82) is 0 Å². The zero-order valence-electron chi connectivity index (χ0n) is 14.9. The van der Waals surface area contributed by atoms with E-state index in [4.69, 9.17) is 4.74 Å². The molecule has 0 spiro atoms. The van der Waals surface area contributed by atoms with Crippen molar-refractivity contribution in [2.24, 2.45) is 0 Å². The van der Waals surface area contributed by atoms with Gasteiger partial charge in [0, 0.05) is 0 Å². The third-order valence-corrected chi connectivity index (χ3v) is 3.86. The third kappa shape index (κ3) is 5.74. The fourth-order valence-corrected chi connectivity index (χ4v) is 2.33. The summed E-state index contributed by atoms with van der Waals surface area (Å²) in [5.74, 6) is -0.175. The predicted octanol–water partition coefficient (Wildman–Crippen LogP) is 4.22. The summed E-state index contributed by atoms with van der Waals surface area (Å²) in [4.78, 5) is 23.8. The molecule has 0 saturated heterocycles. The van der Waals surface area contributed by atoms with Gasteiger partial charge in [0.15, 0.2) is 23.1 Å². The van der Waals surface area contributed by atoms with Crippen LogP contribution >= 0.6 is 0 Å². The van der Waals surface area contributed by atoms with E-state index in [1.54, 1.807) is 24.3 Å². The van der Waals surface area contributed by atoms with Gasteiger partial charge < -0.3 is 9.84 Å². The van der Waals surface area contributed by atoms with Crippen molar-refractivity contribution < 1.29 is 19.4 Å². The summed E-state index contributed by atoms with van der Waals surface area (Å²) in [6.45, 7) is 2.09. The van der Waals surface area contributed by atoms with Crippen LogP contribution in [0, 0.1) is 0 Å². The number of methoxy groups -OCH3 is 1. The largest absolute Gasteiger partial charge is 0.504 e. The monoisotopic (exact) mass is 350 g/mol. The highest BCUT2D eigenvalue weighted by molar-refractivity contribution is 6.10. The normalized spacial score (nSPS) is 11.2. The summed E-state index contributed by atoms with van der Waals surface area (Å²) >= 11 is 0. The highest BCUT2D eigenvalue weighted by atomic mass is 16.5. The lowest BCUT2D eigenvalue weighted by atomic mass is 10.1. The number of rotatable bonds is 8. The Labute approximate surface area is 153 Å². The van der Waals surface area contributed by atoms with E-state index in [-0.39, 0.29) is 23.7 Å². The first kappa shape index (κ1) is 19.2. The number of phenolic OH excluding ortho intramolecular Hbond substituents is 1. The van der Waals surface area contributed by atoms with E-state index in [2.05, 4.69) is 6.92 Å². The summed E-state index contributed by atoms with van der Waals surface area (Å²) in [7, 11) is 1.45. The lowest BCUT2D eigenvalue weighted by Gasteiger charge is -2.03. The Morgan fingerprint density at radius 3 is 2.12 bits per heavy atom. The van der Waals surface area contributed by atoms with Crippen molar-refractivity contribution in [3.05, 3.63) is 71.3 Å². The average molecular weight is 350 g/mol. The number of ether oxygens (including phenoxy) is 1. The Bertz CT molecular complexity index is 830. The fraction of sp³-hybridized carbons (Fsp3) is 0.182. The molecule has 0 aromatic heterocycles. The number of carbonyl (C=O) groups is 2. The molecular formula is C22H22O4. The molecule has 0 bridgehead atoms. The average Bonchev–Trinajstić information content (AvgIpc) is 2.66. The van der Waals surface area contributed by atoms with Crippen molar-refractivity contribution >= 4 is 23.7 Å². The SMILES string of the molecule is CCc1ccc(C=CC(=O)CC(=O)C=Cc2ccc(O)c(OC)c2)cc1. The quantitative estimate of drug-likeness (QED) is 0.572. The predicted molar refractivity (Wildman–Crippen MR) is 103 cm³/mol. The molecule has 0 aliphatic carbocycles. The number of hydrogen-bond donors (Lipinski definition) is 1. The standard InChI is InChI=1S/C22H22O4/c1-3-16-4-6-17(7-5-16)8-11-19(23)15-20(24)12-9-18-10-13-21(25)22(14-18)26-2/h4-14,25H,3,15H2,1-2H3. The summed E-state index contributed by atoms with van der Waals surface area (Å²) in [5.41, 5.74) is 2.86. The number of allylic oxidation sites excluding steroid dienone is 2. The van der Waals surface area contributed by atoms with Crippen LogP contribution in [0.5, 0.6) is 11.5 Å². The molecule has 2 rings (SSSR count). The van der Waals surface area contributed by atoms with Crippen LogP contribution in [0.1, 0.15) is 30.0 Å². The van der Waals surface area contributed by atoms with E-state index >= 15 is 0 Å². The summed E-state index contributed by atoms with van der Waals surface area (Å²) in [6, 6.07) is 12.7. The second-order valence-electron chi connectivity index (χ2n) is 5.80. The maximum absolute atomic E-state index is 11.9. The molecular weight excluding hydrogens is 328 g/mol. The number of phenols is 1. The zero-order valence-corrected chi connectivity index (χ0v) is 14.9. The maximum Gasteiger partial charge on any atom is 0.163 e. The van der Waals surface area contributed by atoms with Crippen molar-refractivity contribution in [1.82, 2.24) is 0 Å². The first-order chi connectivity index (χ1) is 12.5. The van der Waals surface area contributed by atoms with Crippen LogP contribution in [0.4, 0.5) is 0 Å². The van der Waals surface area contributed by atoms with E-state index in [1.807, 2.05) is 24.3 Å². The van der Waals surface area contributed by atoms with Crippen LogP contribution in [-0.2, 0) is 16.0 Å². The van der Waals surface area contributed by atoms with Crippen LogP contribution < -0.4 is 4.74 Å². The molecule has 2 aromatic rings. The number of aromatic hydroxyl groups is 1. The van der Waals surface area contributed by atoms with Gasteiger partial charge in [0.25, 0.3) is 0 Å².